The average Bonchev–Trinajstić information content (AvgIpc) is 2.48. The molecule has 4 heteroatoms. The van der Waals surface area contributed by atoms with E-state index in [9.17, 15) is 0 Å². The summed E-state index contributed by atoms with van der Waals surface area (Å²) in [7, 11) is 6.11. The van der Waals surface area contributed by atoms with Crippen molar-refractivity contribution in [1.29, 1.82) is 0 Å². The highest BCUT2D eigenvalue weighted by Crippen LogP contribution is 2.32. The molecule has 1 aliphatic rings. The Hall–Kier alpha value is -0.770. The number of hydrogen-bond acceptors (Lipinski definition) is 3. The lowest BCUT2D eigenvalue weighted by Gasteiger charge is -2.43. The maximum absolute atomic E-state index is 6.09. The van der Waals surface area contributed by atoms with Gasteiger partial charge in [-0.25, -0.2) is 0 Å². The Kier molecular flexibility index (Phi) is 5.91. The topological polar surface area (TPSA) is 24.5 Å². The van der Waals surface area contributed by atoms with Crippen LogP contribution in [-0.4, -0.2) is 38.2 Å². The lowest BCUT2D eigenvalue weighted by Crippen LogP contribution is -2.52. The third-order valence-corrected chi connectivity index (χ3v) is 4.98. The number of likely N-dealkylation sites (N-methyl/N-ethyl adjacent to an activating group) is 1. The van der Waals surface area contributed by atoms with Gasteiger partial charge in [0.2, 0.25) is 0 Å². The number of methoxy groups -OCH3 is 1. The fourth-order valence-electron chi connectivity index (χ4n) is 3.31. The van der Waals surface area contributed by atoms with Gasteiger partial charge in [-0.3, -0.25) is 0 Å². The van der Waals surface area contributed by atoms with Crippen LogP contribution in [0.25, 0.3) is 0 Å². The summed E-state index contributed by atoms with van der Waals surface area (Å²) in [6.07, 6.45) is 6.60. The molecule has 0 unspecified atom stereocenters. The van der Waals surface area contributed by atoms with Crippen LogP contribution in [-0.2, 0) is 6.54 Å². The molecule has 1 N–H and O–H groups in total. The molecular formula is C17H27ClN2O. The molecule has 0 aromatic heterocycles. The third kappa shape index (κ3) is 4.12. The highest BCUT2D eigenvalue weighted by atomic mass is 35.5. The van der Waals surface area contributed by atoms with E-state index in [1.807, 2.05) is 18.2 Å². The molecule has 1 aromatic carbocycles. The molecule has 1 fully saturated rings. The van der Waals surface area contributed by atoms with Crippen molar-refractivity contribution in [2.24, 2.45) is 0 Å². The van der Waals surface area contributed by atoms with Crippen molar-refractivity contribution in [2.45, 2.75) is 44.2 Å². The SMILES string of the molecule is COc1ccc(Cl)cc1CNCC1(N(C)C)CCCCC1. The fraction of sp³-hybridized carbons (Fsp3) is 0.647. The maximum atomic E-state index is 6.09. The van der Waals surface area contributed by atoms with Gasteiger partial charge in [0.15, 0.2) is 0 Å². The van der Waals surface area contributed by atoms with Crippen molar-refractivity contribution in [3.05, 3.63) is 28.8 Å². The summed E-state index contributed by atoms with van der Waals surface area (Å²) in [5.41, 5.74) is 1.42. The molecule has 3 nitrogen and oxygen atoms in total. The van der Waals surface area contributed by atoms with Crippen LogP contribution in [0.4, 0.5) is 0 Å². The molecule has 21 heavy (non-hydrogen) atoms. The first-order valence-corrected chi connectivity index (χ1v) is 8.16. The van der Waals surface area contributed by atoms with E-state index in [2.05, 4.69) is 24.3 Å². The molecule has 0 bridgehead atoms. The molecule has 118 valence electrons. The zero-order valence-corrected chi connectivity index (χ0v) is 14.2. The number of halogens is 1. The van der Waals surface area contributed by atoms with Gasteiger partial charge >= 0.3 is 0 Å². The summed E-state index contributed by atoms with van der Waals surface area (Å²) >= 11 is 6.09. The zero-order chi connectivity index (χ0) is 15.3. The number of nitrogens with one attached hydrogen (secondary N) is 1. The molecule has 2 rings (SSSR count). The van der Waals surface area contributed by atoms with Gasteiger partial charge < -0.3 is 15.0 Å². The van der Waals surface area contributed by atoms with E-state index in [4.69, 9.17) is 16.3 Å². The highest BCUT2D eigenvalue weighted by Gasteiger charge is 2.33. The number of nitrogens with zero attached hydrogens (tertiary/aromatic N) is 1. The van der Waals surface area contributed by atoms with Crippen LogP contribution in [0.1, 0.15) is 37.7 Å². The molecular weight excluding hydrogens is 284 g/mol. The predicted molar refractivity (Wildman–Crippen MR) is 89.2 cm³/mol. The Bertz CT molecular complexity index is 456. The van der Waals surface area contributed by atoms with Crippen molar-refractivity contribution in [1.82, 2.24) is 10.2 Å². The van der Waals surface area contributed by atoms with Crippen LogP contribution >= 0.6 is 11.6 Å². The van der Waals surface area contributed by atoms with Gasteiger partial charge in [-0.2, -0.15) is 0 Å². The minimum Gasteiger partial charge on any atom is -0.496 e. The van der Waals surface area contributed by atoms with E-state index >= 15 is 0 Å². The van der Waals surface area contributed by atoms with E-state index in [-0.39, 0.29) is 0 Å². The Balaban J connectivity index is 1.98. The largest absolute Gasteiger partial charge is 0.496 e. The van der Waals surface area contributed by atoms with Crippen molar-refractivity contribution in [3.63, 3.8) is 0 Å². The molecule has 1 aromatic rings. The maximum Gasteiger partial charge on any atom is 0.123 e. The van der Waals surface area contributed by atoms with Gasteiger partial charge in [0.1, 0.15) is 5.75 Å². The van der Waals surface area contributed by atoms with Gasteiger partial charge in [0, 0.05) is 29.2 Å². The Morgan fingerprint density at radius 3 is 2.57 bits per heavy atom. The van der Waals surface area contributed by atoms with Crippen LogP contribution in [0.3, 0.4) is 0 Å². The summed E-state index contributed by atoms with van der Waals surface area (Å²) in [6, 6.07) is 5.78. The van der Waals surface area contributed by atoms with Crippen LogP contribution in [0.5, 0.6) is 5.75 Å². The molecule has 0 atom stereocenters. The van der Waals surface area contributed by atoms with E-state index in [0.717, 1.165) is 29.4 Å². The Labute approximate surface area is 133 Å². The zero-order valence-electron chi connectivity index (χ0n) is 13.4. The van der Waals surface area contributed by atoms with Gasteiger partial charge in [-0.15, -0.1) is 0 Å². The molecule has 0 saturated heterocycles. The summed E-state index contributed by atoms with van der Waals surface area (Å²) in [5.74, 6) is 0.898. The number of benzene rings is 1. The van der Waals surface area contributed by atoms with E-state index < -0.39 is 0 Å². The van der Waals surface area contributed by atoms with E-state index in [0.29, 0.717) is 5.54 Å². The molecule has 0 aliphatic heterocycles. The third-order valence-electron chi connectivity index (χ3n) is 4.74. The standard InChI is InChI=1S/C17H27ClN2O/c1-20(2)17(9-5-4-6-10-17)13-19-12-14-11-15(18)7-8-16(14)21-3/h7-8,11,19H,4-6,9-10,12-13H2,1-3H3. The number of hydrogen-bond donors (Lipinski definition) is 1. The molecule has 0 amide bonds. The minimum atomic E-state index is 0.296. The predicted octanol–water partition coefficient (Wildman–Crippen LogP) is 3.70. The van der Waals surface area contributed by atoms with Crippen LogP contribution in [0, 0.1) is 0 Å². The molecule has 0 spiro atoms. The molecule has 0 radical (unpaired) electrons. The van der Waals surface area contributed by atoms with Gasteiger partial charge in [-0.05, 0) is 45.1 Å². The van der Waals surface area contributed by atoms with Crippen molar-refractivity contribution < 1.29 is 4.74 Å². The lowest BCUT2D eigenvalue weighted by atomic mass is 9.80. The van der Waals surface area contributed by atoms with Crippen molar-refractivity contribution >= 4 is 11.6 Å². The second-order valence-corrected chi connectivity index (χ2v) is 6.68. The van der Waals surface area contributed by atoms with Gasteiger partial charge in [-0.1, -0.05) is 30.9 Å². The first-order chi connectivity index (χ1) is 10.1. The quantitative estimate of drug-likeness (QED) is 0.867. The first kappa shape index (κ1) is 16.6. The van der Waals surface area contributed by atoms with Crippen LogP contribution < -0.4 is 10.1 Å². The fourth-order valence-corrected chi connectivity index (χ4v) is 3.50. The normalized spacial score (nSPS) is 18.0. The first-order valence-electron chi connectivity index (χ1n) is 7.78. The van der Waals surface area contributed by atoms with Gasteiger partial charge in [0.25, 0.3) is 0 Å². The van der Waals surface area contributed by atoms with Crippen molar-refractivity contribution in [2.75, 3.05) is 27.7 Å². The lowest BCUT2D eigenvalue weighted by molar-refractivity contribution is 0.0983. The number of ether oxygens (including phenoxy) is 1. The summed E-state index contributed by atoms with van der Waals surface area (Å²) < 4.78 is 5.41. The summed E-state index contributed by atoms with van der Waals surface area (Å²) in [6.45, 7) is 1.80. The molecule has 0 heterocycles. The summed E-state index contributed by atoms with van der Waals surface area (Å²) in [4.78, 5) is 2.40. The van der Waals surface area contributed by atoms with E-state index in [1.165, 1.54) is 32.1 Å². The molecule has 1 aliphatic carbocycles. The van der Waals surface area contributed by atoms with Gasteiger partial charge in [0.05, 0.1) is 7.11 Å². The van der Waals surface area contributed by atoms with Crippen molar-refractivity contribution in [3.8, 4) is 5.75 Å². The summed E-state index contributed by atoms with van der Waals surface area (Å²) in [5, 5.41) is 4.37. The monoisotopic (exact) mass is 310 g/mol. The highest BCUT2D eigenvalue weighted by molar-refractivity contribution is 6.30. The minimum absolute atomic E-state index is 0.296. The smallest absolute Gasteiger partial charge is 0.123 e. The van der Waals surface area contributed by atoms with E-state index in [1.54, 1.807) is 7.11 Å². The molecule has 1 saturated carbocycles. The van der Waals surface area contributed by atoms with Crippen LogP contribution in [0.15, 0.2) is 18.2 Å². The average molecular weight is 311 g/mol. The second kappa shape index (κ2) is 7.48. The Morgan fingerprint density at radius 2 is 1.95 bits per heavy atom. The van der Waals surface area contributed by atoms with Crippen LogP contribution in [0.2, 0.25) is 5.02 Å². The second-order valence-electron chi connectivity index (χ2n) is 6.24. The number of rotatable bonds is 6. The Morgan fingerprint density at radius 1 is 1.24 bits per heavy atom.